The van der Waals surface area contributed by atoms with E-state index in [4.69, 9.17) is 0 Å². The number of aromatic amines is 1. The molecule has 2 rings (SSSR count). The molecule has 6 nitrogen and oxygen atoms in total. The maximum atomic E-state index is 11.2. The first-order chi connectivity index (χ1) is 7.48. The van der Waals surface area contributed by atoms with Crippen molar-refractivity contribution in [2.75, 3.05) is 6.26 Å². The molecule has 1 aromatic heterocycles. The lowest BCUT2D eigenvalue weighted by Crippen LogP contribution is -2.02. The second-order valence-corrected chi connectivity index (χ2v) is 5.27. The van der Waals surface area contributed by atoms with E-state index < -0.39 is 15.4 Å². The van der Waals surface area contributed by atoms with Crippen LogP contribution in [-0.4, -0.2) is 25.0 Å². The van der Waals surface area contributed by atoms with Gasteiger partial charge in [0.15, 0.2) is 15.5 Å². The van der Waals surface area contributed by atoms with Crippen LogP contribution in [0.1, 0.15) is 0 Å². The minimum atomic E-state index is -3.23. The Labute approximate surface area is 90.8 Å². The van der Waals surface area contributed by atoms with Crippen LogP contribution in [0.5, 0.6) is 0 Å². The van der Waals surface area contributed by atoms with Crippen LogP contribution in [0.25, 0.3) is 11.3 Å². The van der Waals surface area contributed by atoms with Gasteiger partial charge in [0.1, 0.15) is 0 Å². The molecule has 0 aliphatic heterocycles. The van der Waals surface area contributed by atoms with E-state index in [9.17, 15) is 13.2 Å². The monoisotopic (exact) mass is 240 g/mol. The smallest absolute Gasteiger partial charge is 0.267 e. The first kappa shape index (κ1) is 10.6. The maximum Gasteiger partial charge on any atom is 0.308 e. The number of hydrogen-bond acceptors (Lipinski definition) is 5. The molecule has 0 atom stereocenters. The minimum Gasteiger partial charge on any atom is -0.267 e. The third-order valence-electron chi connectivity index (χ3n) is 2.05. The molecule has 0 aliphatic carbocycles. The summed E-state index contributed by atoms with van der Waals surface area (Å²) in [6, 6.07) is 5.84. The summed E-state index contributed by atoms with van der Waals surface area (Å²) in [6.07, 6.45) is 1.12. The third-order valence-corrected chi connectivity index (χ3v) is 3.17. The van der Waals surface area contributed by atoms with Crippen molar-refractivity contribution in [3.05, 3.63) is 34.6 Å². The normalized spacial score (nSPS) is 11.6. The minimum absolute atomic E-state index is 0.125. The van der Waals surface area contributed by atoms with Crippen LogP contribution in [0.3, 0.4) is 0 Å². The van der Waals surface area contributed by atoms with Gasteiger partial charge in [-0.1, -0.05) is 12.1 Å². The molecular formula is C9H8N2O4S. The summed E-state index contributed by atoms with van der Waals surface area (Å²) in [5.74, 6) is 0. The third kappa shape index (κ3) is 1.89. The molecule has 0 bridgehead atoms. The van der Waals surface area contributed by atoms with Gasteiger partial charge in [0.25, 0.3) is 0 Å². The highest BCUT2D eigenvalue weighted by Gasteiger charge is 2.10. The van der Waals surface area contributed by atoms with Crippen molar-refractivity contribution in [1.29, 1.82) is 0 Å². The van der Waals surface area contributed by atoms with Crippen LogP contribution < -0.4 is 5.56 Å². The van der Waals surface area contributed by atoms with Gasteiger partial charge in [0, 0.05) is 11.8 Å². The van der Waals surface area contributed by atoms with Gasteiger partial charge in [-0.15, -0.1) is 0 Å². The molecule has 0 saturated heterocycles. The van der Waals surface area contributed by atoms with Gasteiger partial charge in [-0.05, 0) is 17.3 Å². The van der Waals surface area contributed by atoms with E-state index in [1.165, 1.54) is 24.3 Å². The topological polar surface area (TPSA) is 93.0 Å². The number of H-pyrrole nitrogens is 1. The fraction of sp³-hybridized carbons (Fsp3) is 0.111. The Morgan fingerprint density at radius 1 is 1.25 bits per heavy atom. The van der Waals surface area contributed by atoms with Crippen LogP contribution in [0, 0.1) is 0 Å². The number of sulfone groups is 1. The van der Waals surface area contributed by atoms with Gasteiger partial charge in [0.05, 0.1) is 4.90 Å². The molecule has 0 spiro atoms. The molecule has 2 aromatic rings. The Kier molecular flexibility index (Phi) is 2.39. The molecular weight excluding hydrogens is 232 g/mol. The Bertz CT molecular complexity index is 651. The average molecular weight is 240 g/mol. The summed E-state index contributed by atoms with van der Waals surface area (Å²) < 4.78 is 26.8. The highest BCUT2D eigenvalue weighted by molar-refractivity contribution is 7.90. The average Bonchev–Trinajstić information content (AvgIpc) is 2.63. The van der Waals surface area contributed by atoms with Crippen LogP contribution in [-0.2, 0) is 9.84 Å². The number of nitrogens with one attached hydrogen (secondary N) is 1. The van der Waals surface area contributed by atoms with E-state index in [0.29, 0.717) is 5.56 Å². The van der Waals surface area contributed by atoms with Crippen LogP contribution >= 0.6 is 0 Å². The van der Waals surface area contributed by atoms with Crippen molar-refractivity contribution in [2.24, 2.45) is 0 Å². The molecule has 7 heteroatoms. The second-order valence-electron chi connectivity index (χ2n) is 3.26. The van der Waals surface area contributed by atoms with Crippen LogP contribution in [0.2, 0.25) is 0 Å². The van der Waals surface area contributed by atoms with Gasteiger partial charge < -0.3 is 0 Å². The molecule has 0 aliphatic rings. The van der Waals surface area contributed by atoms with Gasteiger partial charge in [-0.2, -0.15) is 5.16 Å². The quantitative estimate of drug-likeness (QED) is 0.821. The molecule has 1 N–H and O–H groups in total. The zero-order valence-corrected chi connectivity index (χ0v) is 9.11. The zero-order valence-electron chi connectivity index (χ0n) is 8.30. The van der Waals surface area contributed by atoms with E-state index in [-0.39, 0.29) is 10.6 Å². The van der Waals surface area contributed by atoms with E-state index in [1.807, 2.05) is 0 Å². The lowest BCUT2D eigenvalue weighted by atomic mass is 10.2. The molecule has 0 radical (unpaired) electrons. The van der Waals surface area contributed by atoms with Crippen LogP contribution in [0.4, 0.5) is 0 Å². The lowest BCUT2D eigenvalue weighted by Gasteiger charge is -1.98. The summed E-state index contributed by atoms with van der Waals surface area (Å²) in [4.78, 5) is 11.4. The molecule has 0 fully saturated rings. The first-order valence-electron chi connectivity index (χ1n) is 4.33. The van der Waals surface area contributed by atoms with E-state index in [1.54, 1.807) is 0 Å². The Balaban J connectivity index is 2.49. The number of rotatable bonds is 2. The number of benzene rings is 1. The fourth-order valence-electron chi connectivity index (χ4n) is 1.24. The lowest BCUT2D eigenvalue weighted by molar-refractivity contribution is 0.305. The molecule has 0 amide bonds. The van der Waals surface area contributed by atoms with E-state index >= 15 is 0 Å². The Hall–Kier alpha value is -1.89. The predicted molar refractivity (Wildman–Crippen MR) is 55.7 cm³/mol. The number of hydrogen-bond donors (Lipinski definition) is 1. The number of nitrogens with zero attached hydrogens (tertiary/aromatic N) is 1. The zero-order chi connectivity index (χ0) is 11.8. The highest BCUT2D eigenvalue weighted by atomic mass is 32.2. The molecule has 16 heavy (non-hydrogen) atoms. The molecule has 1 heterocycles. The van der Waals surface area contributed by atoms with Gasteiger partial charge in [-0.3, -0.25) is 9.42 Å². The van der Waals surface area contributed by atoms with Crippen molar-refractivity contribution in [1.82, 2.24) is 10.3 Å². The first-order valence-corrected chi connectivity index (χ1v) is 6.22. The van der Waals surface area contributed by atoms with Crippen molar-refractivity contribution >= 4 is 9.84 Å². The highest BCUT2D eigenvalue weighted by Crippen LogP contribution is 2.16. The van der Waals surface area contributed by atoms with Crippen molar-refractivity contribution < 1.29 is 13.0 Å². The summed E-state index contributed by atoms with van der Waals surface area (Å²) >= 11 is 0. The Morgan fingerprint density at radius 2 is 1.88 bits per heavy atom. The Morgan fingerprint density at radius 3 is 2.31 bits per heavy atom. The second kappa shape index (κ2) is 3.60. The fourth-order valence-corrected chi connectivity index (χ4v) is 1.87. The summed E-state index contributed by atoms with van der Waals surface area (Å²) in [5, 5.41) is 5.54. The SMILES string of the molecule is CS(=O)(=O)c1ccc(-c2no[nH]c2=O)cc1. The molecule has 0 unspecified atom stereocenters. The van der Waals surface area contributed by atoms with Crippen molar-refractivity contribution in [2.45, 2.75) is 4.90 Å². The predicted octanol–water partition coefficient (Wildman–Crippen LogP) is 0.433. The van der Waals surface area contributed by atoms with Crippen molar-refractivity contribution in [3.63, 3.8) is 0 Å². The molecule has 84 valence electrons. The standard InChI is InChI=1S/C9H8N2O4S/c1-16(13,14)7-4-2-6(3-5-7)8-9(12)11-15-10-8/h2-5H,1H3,(H,11,12). The van der Waals surface area contributed by atoms with Gasteiger partial charge >= 0.3 is 5.56 Å². The van der Waals surface area contributed by atoms with Gasteiger partial charge in [-0.25, -0.2) is 8.42 Å². The summed E-state index contributed by atoms with van der Waals surface area (Å²) in [5.41, 5.74) is 0.176. The molecule has 0 saturated carbocycles. The summed E-state index contributed by atoms with van der Waals surface area (Å²) in [7, 11) is -3.23. The molecule has 1 aromatic carbocycles. The largest absolute Gasteiger partial charge is 0.308 e. The van der Waals surface area contributed by atoms with Gasteiger partial charge in [0.2, 0.25) is 0 Å². The summed E-state index contributed by atoms with van der Waals surface area (Å²) in [6.45, 7) is 0. The van der Waals surface area contributed by atoms with Crippen molar-refractivity contribution in [3.8, 4) is 11.3 Å². The van der Waals surface area contributed by atoms with E-state index in [0.717, 1.165) is 6.26 Å². The van der Waals surface area contributed by atoms with E-state index in [2.05, 4.69) is 14.9 Å². The number of aromatic nitrogens is 2. The maximum absolute atomic E-state index is 11.2. The van der Waals surface area contributed by atoms with Crippen LogP contribution in [0.15, 0.2) is 38.6 Å².